The van der Waals surface area contributed by atoms with Gasteiger partial charge in [-0.25, -0.2) is 9.97 Å². The van der Waals surface area contributed by atoms with Crippen molar-refractivity contribution in [2.45, 2.75) is 34.1 Å². The fraction of sp³-hybridized carbons (Fsp3) is 0.316. The van der Waals surface area contributed by atoms with E-state index in [0.717, 1.165) is 17.7 Å². The number of H-pyrrole nitrogens is 1. The highest BCUT2D eigenvalue weighted by Gasteiger charge is 2.26. The first-order valence-corrected chi connectivity index (χ1v) is 7.88. The molecule has 0 aliphatic carbocycles. The van der Waals surface area contributed by atoms with Crippen LogP contribution in [0.15, 0.2) is 36.7 Å². The summed E-state index contributed by atoms with van der Waals surface area (Å²) in [5.74, 6) is 0.0671. The quantitative estimate of drug-likeness (QED) is 0.729. The van der Waals surface area contributed by atoms with E-state index in [1.54, 1.807) is 12.4 Å². The average molecular weight is 307 g/mol. The number of nitrogens with one attached hydrogen (secondary N) is 1. The summed E-state index contributed by atoms with van der Waals surface area (Å²) in [6.45, 7) is 7.86. The summed E-state index contributed by atoms with van der Waals surface area (Å²) in [6, 6.07) is 8.26. The van der Waals surface area contributed by atoms with Crippen molar-refractivity contribution >= 4 is 16.9 Å². The molecule has 0 radical (unpaired) electrons. The summed E-state index contributed by atoms with van der Waals surface area (Å²) >= 11 is 0. The molecule has 2 aromatic heterocycles. The number of benzene rings is 1. The van der Waals surface area contributed by atoms with Crippen molar-refractivity contribution in [3.63, 3.8) is 0 Å². The van der Waals surface area contributed by atoms with Crippen molar-refractivity contribution in [3.8, 4) is 11.3 Å². The first-order chi connectivity index (χ1) is 10.9. The van der Waals surface area contributed by atoms with Crippen LogP contribution < -0.4 is 0 Å². The number of ketones is 1. The molecule has 0 aliphatic heterocycles. The fourth-order valence-electron chi connectivity index (χ4n) is 2.56. The largest absolute Gasteiger partial charge is 0.344 e. The normalized spacial score (nSPS) is 11.8. The van der Waals surface area contributed by atoms with Crippen LogP contribution in [0.25, 0.3) is 22.4 Å². The molecular formula is C19H21N3O. The minimum Gasteiger partial charge on any atom is -0.344 e. The molecule has 4 heteroatoms. The SMILES string of the molecule is CCc1cccc(-c2cnc3[nH]cc(C(=O)C(C)(C)C)c3n2)c1. The Morgan fingerprint density at radius 1 is 1.26 bits per heavy atom. The van der Waals surface area contributed by atoms with Crippen LogP contribution in [0.3, 0.4) is 0 Å². The minimum atomic E-state index is -0.449. The maximum absolute atomic E-state index is 12.6. The first kappa shape index (κ1) is 15.4. The van der Waals surface area contributed by atoms with Gasteiger partial charge in [0.15, 0.2) is 11.4 Å². The standard InChI is InChI=1S/C19H21N3O/c1-5-12-7-6-8-13(9-12)15-11-21-18-16(22-15)14(10-20-18)17(23)19(2,3)4/h6-11H,5H2,1-4H3,(H,20,21). The Morgan fingerprint density at radius 3 is 2.74 bits per heavy atom. The van der Waals surface area contributed by atoms with E-state index in [2.05, 4.69) is 29.0 Å². The van der Waals surface area contributed by atoms with Crippen molar-refractivity contribution in [1.82, 2.24) is 15.0 Å². The van der Waals surface area contributed by atoms with Crippen molar-refractivity contribution < 1.29 is 4.79 Å². The molecule has 0 unspecified atom stereocenters. The molecule has 0 atom stereocenters. The van der Waals surface area contributed by atoms with E-state index in [9.17, 15) is 4.79 Å². The van der Waals surface area contributed by atoms with Gasteiger partial charge in [-0.15, -0.1) is 0 Å². The van der Waals surface area contributed by atoms with Crippen LogP contribution in [0.1, 0.15) is 43.6 Å². The molecule has 1 aromatic carbocycles. The number of carbonyl (C=O) groups excluding carboxylic acids is 1. The van der Waals surface area contributed by atoms with Gasteiger partial charge in [0.25, 0.3) is 0 Å². The zero-order valence-corrected chi connectivity index (χ0v) is 14.0. The Hall–Kier alpha value is -2.49. The number of hydrogen-bond donors (Lipinski definition) is 1. The van der Waals surface area contributed by atoms with Crippen LogP contribution in [-0.2, 0) is 6.42 Å². The van der Waals surface area contributed by atoms with Gasteiger partial charge in [0.1, 0.15) is 5.52 Å². The Labute approximate surface area is 136 Å². The predicted molar refractivity (Wildman–Crippen MR) is 92.5 cm³/mol. The van der Waals surface area contributed by atoms with E-state index in [1.807, 2.05) is 32.9 Å². The molecule has 2 heterocycles. The van der Waals surface area contributed by atoms with Crippen LogP contribution in [0, 0.1) is 5.41 Å². The molecule has 0 aliphatic rings. The maximum atomic E-state index is 12.6. The highest BCUT2D eigenvalue weighted by atomic mass is 16.1. The number of aryl methyl sites for hydroxylation is 1. The summed E-state index contributed by atoms with van der Waals surface area (Å²) in [6.07, 6.45) is 4.44. The Morgan fingerprint density at radius 2 is 2.04 bits per heavy atom. The predicted octanol–water partition coefficient (Wildman–Crippen LogP) is 4.42. The van der Waals surface area contributed by atoms with Crippen LogP contribution >= 0.6 is 0 Å². The zero-order chi connectivity index (χ0) is 16.6. The lowest BCUT2D eigenvalue weighted by Crippen LogP contribution is -2.20. The Kier molecular flexibility index (Phi) is 3.76. The van der Waals surface area contributed by atoms with Crippen molar-refractivity contribution in [1.29, 1.82) is 0 Å². The van der Waals surface area contributed by atoms with E-state index < -0.39 is 5.41 Å². The fourth-order valence-corrected chi connectivity index (χ4v) is 2.56. The average Bonchev–Trinajstić information content (AvgIpc) is 2.96. The third-order valence-corrected chi connectivity index (χ3v) is 3.94. The molecule has 0 spiro atoms. The molecular weight excluding hydrogens is 286 g/mol. The van der Waals surface area contributed by atoms with Crippen LogP contribution in [0.5, 0.6) is 0 Å². The van der Waals surface area contributed by atoms with Gasteiger partial charge in [0.05, 0.1) is 17.5 Å². The van der Waals surface area contributed by atoms with E-state index in [1.165, 1.54) is 5.56 Å². The van der Waals surface area contributed by atoms with Gasteiger partial charge in [-0.2, -0.15) is 0 Å². The summed E-state index contributed by atoms with van der Waals surface area (Å²) in [7, 11) is 0. The zero-order valence-electron chi connectivity index (χ0n) is 14.0. The van der Waals surface area contributed by atoms with Crippen molar-refractivity contribution in [2.24, 2.45) is 5.41 Å². The number of aromatic amines is 1. The van der Waals surface area contributed by atoms with Gasteiger partial charge >= 0.3 is 0 Å². The van der Waals surface area contributed by atoms with Gasteiger partial charge in [0.2, 0.25) is 0 Å². The number of Topliss-reactive ketones (excluding diaryl/α,β-unsaturated/α-hetero) is 1. The molecule has 0 saturated carbocycles. The van der Waals surface area contributed by atoms with Gasteiger partial charge < -0.3 is 4.98 Å². The third kappa shape index (κ3) is 2.89. The lowest BCUT2D eigenvalue weighted by Gasteiger charge is -2.15. The monoisotopic (exact) mass is 307 g/mol. The molecule has 23 heavy (non-hydrogen) atoms. The Bertz CT molecular complexity index is 872. The van der Waals surface area contributed by atoms with Crippen LogP contribution in [0.4, 0.5) is 0 Å². The minimum absolute atomic E-state index is 0.0671. The smallest absolute Gasteiger partial charge is 0.171 e. The lowest BCUT2D eigenvalue weighted by molar-refractivity contribution is 0.0860. The number of carbonyl (C=O) groups is 1. The molecule has 3 aromatic rings. The van der Waals surface area contributed by atoms with Crippen LogP contribution in [-0.4, -0.2) is 20.7 Å². The van der Waals surface area contributed by atoms with E-state index >= 15 is 0 Å². The summed E-state index contributed by atoms with van der Waals surface area (Å²) < 4.78 is 0. The third-order valence-electron chi connectivity index (χ3n) is 3.94. The highest BCUT2D eigenvalue weighted by Crippen LogP contribution is 2.27. The summed E-state index contributed by atoms with van der Waals surface area (Å²) in [4.78, 5) is 24.8. The molecule has 0 fully saturated rings. The second kappa shape index (κ2) is 5.61. The second-order valence-corrected chi connectivity index (χ2v) is 6.79. The van der Waals surface area contributed by atoms with Gasteiger partial charge in [-0.1, -0.05) is 45.9 Å². The molecule has 118 valence electrons. The number of fused-ring (bicyclic) bond motifs is 1. The molecule has 4 nitrogen and oxygen atoms in total. The van der Waals surface area contributed by atoms with Crippen LogP contribution in [0.2, 0.25) is 0 Å². The van der Waals surface area contributed by atoms with Crippen molar-refractivity contribution in [2.75, 3.05) is 0 Å². The molecule has 0 saturated heterocycles. The molecule has 3 rings (SSSR count). The molecule has 1 N–H and O–H groups in total. The Balaban J connectivity index is 2.12. The molecule has 0 amide bonds. The lowest BCUT2D eigenvalue weighted by atomic mass is 9.87. The second-order valence-electron chi connectivity index (χ2n) is 6.79. The number of rotatable bonds is 3. The highest BCUT2D eigenvalue weighted by molar-refractivity contribution is 6.08. The molecule has 0 bridgehead atoms. The van der Waals surface area contributed by atoms with Gasteiger partial charge in [0, 0.05) is 17.2 Å². The maximum Gasteiger partial charge on any atom is 0.171 e. The summed E-state index contributed by atoms with van der Waals surface area (Å²) in [5, 5.41) is 0. The topological polar surface area (TPSA) is 58.6 Å². The van der Waals surface area contributed by atoms with E-state index in [0.29, 0.717) is 16.7 Å². The van der Waals surface area contributed by atoms with Crippen molar-refractivity contribution in [3.05, 3.63) is 47.8 Å². The van der Waals surface area contributed by atoms with Gasteiger partial charge in [-0.3, -0.25) is 4.79 Å². The first-order valence-electron chi connectivity index (χ1n) is 7.88. The van der Waals surface area contributed by atoms with E-state index in [4.69, 9.17) is 4.98 Å². The van der Waals surface area contributed by atoms with Gasteiger partial charge in [-0.05, 0) is 18.1 Å². The number of nitrogens with zero attached hydrogens (tertiary/aromatic N) is 2. The number of aromatic nitrogens is 3. The van der Waals surface area contributed by atoms with E-state index in [-0.39, 0.29) is 5.78 Å². The summed E-state index contributed by atoms with van der Waals surface area (Å²) in [5.41, 5.74) is 4.51. The number of hydrogen-bond acceptors (Lipinski definition) is 3.